The van der Waals surface area contributed by atoms with E-state index in [4.69, 9.17) is 11.1 Å². The average molecular weight is 112 g/mol. The maximum Gasteiger partial charge on any atom is 0.0226 e. The average Bonchev–Trinajstić information content (AvgIpc) is 1.69. The highest BCUT2D eigenvalue weighted by molar-refractivity contribution is 5.75. The quantitative estimate of drug-likeness (QED) is 0.517. The molecule has 0 saturated carbocycles. The second-order valence-electron chi connectivity index (χ2n) is 1.97. The molecule has 0 heterocycles. The summed E-state index contributed by atoms with van der Waals surface area (Å²) in [5, 5.41) is 6.82. The van der Waals surface area contributed by atoms with Crippen molar-refractivity contribution in [2.24, 2.45) is 11.7 Å². The highest BCUT2D eigenvalue weighted by Gasteiger charge is 1.95. The number of hydrogen-bond donors (Lipinski definition) is 2. The molecule has 0 aliphatic rings. The first-order chi connectivity index (χ1) is 3.72. The first-order valence-electron chi connectivity index (χ1n) is 2.64. The van der Waals surface area contributed by atoms with E-state index in [0.717, 1.165) is 5.57 Å². The minimum absolute atomic E-state index is 0.373. The van der Waals surface area contributed by atoms with Crippen LogP contribution in [0.25, 0.3) is 0 Å². The molecule has 0 aliphatic heterocycles. The Labute approximate surface area is 49.9 Å². The summed E-state index contributed by atoms with van der Waals surface area (Å²) in [6.45, 7) is 4.01. The predicted molar refractivity (Wildman–Crippen MR) is 35.9 cm³/mol. The van der Waals surface area contributed by atoms with E-state index in [0.29, 0.717) is 5.92 Å². The van der Waals surface area contributed by atoms with E-state index >= 15 is 0 Å². The van der Waals surface area contributed by atoms with Crippen LogP contribution in [-0.2, 0) is 0 Å². The largest absolute Gasteiger partial charge is 0.404 e. The molecule has 0 rings (SSSR count). The summed E-state index contributed by atoms with van der Waals surface area (Å²) in [6, 6.07) is 0. The van der Waals surface area contributed by atoms with Crippen molar-refractivity contribution in [3.63, 3.8) is 0 Å². The minimum Gasteiger partial charge on any atom is -0.404 e. The van der Waals surface area contributed by atoms with Crippen LogP contribution >= 0.6 is 0 Å². The van der Waals surface area contributed by atoms with Crippen LogP contribution in [0.3, 0.4) is 0 Å². The van der Waals surface area contributed by atoms with Crippen molar-refractivity contribution in [3.05, 3.63) is 11.8 Å². The van der Waals surface area contributed by atoms with E-state index in [2.05, 4.69) is 0 Å². The van der Waals surface area contributed by atoms with Gasteiger partial charge in [-0.05, 0) is 17.7 Å². The number of rotatable bonds is 2. The van der Waals surface area contributed by atoms with Gasteiger partial charge in [0.1, 0.15) is 0 Å². The van der Waals surface area contributed by atoms with Crippen LogP contribution < -0.4 is 5.73 Å². The maximum atomic E-state index is 6.82. The SMILES string of the molecule is CC(C)/C(C=N)=C/N. The van der Waals surface area contributed by atoms with Crippen molar-refractivity contribution >= 4 is 6.21 Å². The summed E-state index contributed by atoms with van der Waals surface area (Å²) in [5.41, 5.74) is 6.05. The van der Waals surface area contributed by atoms with Gasteiger partial charge >= 0.3 is 0 Å². The second kappa shape index (κ2) is 3.24. The van der Waals surface area contributed by atoms with Crippen LogP contribution in [0.2, 0.25) is 0 Å². The Bertz CT molecular complexity index is 103. The number of nitrogens with one attached hydrogen (secondary N) is 1. The molecule has 0 bridgehead atoms. The maximum absolute atomic E-state index is 6.82. The Balaban J connectivity index is 3.91. The summed E-state index contributed by atoms with van der Waals surface area (Å²) in [5.74, 6) is 0.373. The van der Waals surface area contributed by atoms with E-state index in [1.165, 1.54) is 12.4 Å². The molecule has 2 nitrogen and oxygen atoms in total. The van der Waals surface area contributed by atoms with Crippen LogP contribution in [0, 0.1) is 11.3 Å². The molecule has 0 radical (unpaired) electrons. The lowest BCUT2D eigenvalue weighted by Gasteiger charge is -2.00. The summed E-state index contributed by atoms with van der Waals surface area (Å²) in [6.07, 6.45) is 2.75. The fourth-order valence-electron chi connectivity index (χ4n) is 0.407. The molecular weight excluding hydrogens is 100 g/mol. The Morgan fingerprint density at radius 1 is 1.62 bits per heavy atom. The fourth-order valence-corrected chi connectivity index (χ4v) is 0.407. The first kappa shape index (κ1) is 7.21. The van der Waals surface area contributed by atoms with Crippen molar-refractivity contribution in [1.82, 2.24) is 0 Å². The summed E-state index contributed by atoms with van der Waals surface area (Å²) < 4.78 is 0. The molecule has 2 heteroatoms. The molecule has 0 aromatic heterocycles. The fraction of sp³-hybridized carbons (Fsp3) is 0.500. The van der Waals surface area contributed by atoms with Crippen molar-refractivity contribution < 1.29 is 0 Å². The molecular formula is C6H12N2. The lowest BCUT2D eigenvalue weighted by atomic mass is 10.1. The molecule has 0 fully saturated rings. The van der Waals surface area contributed by atoms with Crippen LogP contribution in [0.4, 0.5) is 0 Å². The van der Waals surface area contributed by atoms with Crippen molar-refractivity contribution in [3.8, 4) is 0 Å². The second-order valence-corrected chi connectivity index (χ2v) is 1.97. The standard InChI is InChI=1S/C6H12N2/c1-5(2)6(3-7)4-8/h3-5,7H,8H2,1-2H3/b6-4+,7-3?. The van der Waals surface area contributed by atoms with E-state index < -0.39 is 0 Å². The van der Waals surface area contributed by atoms with Gasteiger partial charge in [-0.2, -0.15) is 0 Å². The molecule has 0 amide bonds. The van der Waals surface area contributed by atoms with Gasteiger partial charge in [-0.1, -0.05) is 13.8 Å². The Morgan fingerprint density at radius 2 is 2.12 bits per heavy atom. The zero-order chi connectivity index (χ0) is 6.57. The first-order valence-corrected chi connectivity index (χ1v) is 2.64. The molecule has 46 valence electrons. The van der Waals surface area contributed by atoms with Gasteiger partial charge in [0.2, 0.25) is 0 Å². The van der Waals surface area contributed by atoms with Gasteiger partial charge in [0.15, 0.2) is 0 Å². The number of hydrogen-bond acceptors (Lipinski definition) is 2. The molecule has 0 saturated heterocycles. The predicted octanol–water partition coefficient (Wildman–Crippen LogP) is 1.13. The molecule has 0 aliphatic carbocycles. The van der Waals surface area contributed by atoms with Gasteiger partial charge in [0, 0.05) is 6.21 Å². The lowest BCUT2D eigenvalue weighted by Crippen LogP contribution is -1.97. The third-order valence-corrected chi connectivity index (χ3v) is 1.03. The van der Waals surface area contributed by atoms with Crippen LogP contribution in [0.15, 0.2) is 11.8 Å². The summed E-state index contributed by atoms with van der Waals surface area (Å²) in [7, 11) is 0. The van der Waals surface area contributed by atoms with Crippen molar-refractivity contribution in [2.75, 3.05) is 0 Å². The zero-order valence-electron chi connectivity index (χ0n) is 5.31. The highest BCUT2D eigenvalue weighted by atomic mass is 14.5. The monoisotopic (exact) mass is 112 g/mol. The Hall–Kier alpha value is -0.790. The van der Waals surface area contributed by atoms with E-state index in [9.17, 15) is 0 Å². The van der Waals surface area contributed by atoms with Gasteiger partial charge < -0.3 is 11.1 Å². The molecule has 0 atom stereocenters. The number of nitrogens with two attached hydrogens (primary N) is 1. The van der Waals surface area contributed by atoms with Gasteiger partial charge in [-0.25, -0.2) is 0 Å². The van der Waals surface area contributed by atoms with Crippen LogP contribution in [0.1, 0.15) is 13.8 Å². The Kier molecular flexibility index (Phi) is 2.92. The minimum atomic E-state index is 0.373. The summed E-state index contributed by atoms with van der Waals surface area (Å²) >= 11 is 0. The topological polar surface area (TPSA) is 49.9 Å². The van der Waals surface area contributed by atoms with Gasteiger partial charge in [0.05, 0.1) is 0 Å². The third-order valence-electron chi connectivity index (χ3n) is 1.03. The molecule has 8 heavy (non-hydrogen) atoms. The highest BCUT2D eigenvalue weighted by Crippen LogP contribution is 2.02. The van der Waals surface area contributed by atoms with E-state index in [-0.39, 0.29) is 0 Å². The molecule has 0 unspecified atom stereocenters. The van der Waals surface area contributed by atoms with Crippen LogP contribution in [-0.4, -0.2) is 6.21 Å². The molecule has 3 N–H and O–H groups in total. The zero-order valence-corrected chi connectivity index (χ0v) is 5.31. The number of allylic oxidation sites excluding steroid dienone is 1. The smallest absolute Gasteiger partial charge is 0.0226 e. The van der Waals surface area contributed by atoms with Crippen molar-refractivity contribution in [1.29, 1.82) is 5.41 Å². The van der Waals surface area contributed by atoms with Gasteiger partial charge in [-0.3, -0.25) is 0 Å². The Morgan fingerprint density at radius 3 is 2.12 bits per heavy atom. The third kappa shape index (κ3) is 1.78. The molecule has 0 aromatic carbocycles. The van der Waals surface area contributed by atoms with Gasteiger partial charge in [-0.15, -0.1) is 0 Å². The molecule has 0 spiro atoms. The normalized spacial score (nSPS) is 12.1. The molecule has 0 aromatic rings. The van der Waals surface area contributed by atoms with Crippen LogP contribution in [0.5, 0.6) is 0 Å². The van der Waals surface area contributed by atoms with Gasteiger partial charge in [0.25, 0.3) is 0 Å². The summed E-state index contributed by atoms with van der Waals surface area (Å²) in [4.78, 5) is 0. The van der Waals surface area contributed by atoms with E-state index in [1.807, 2.05) is 13.8 Å². The van der Waals surface area contributed by atoms with Crippen molar-refractivity contribution in [2.45, 2.75) is 13.8 Å². The van der Waals surface area contributed by atoms with E-state index in [1.54, 1.807) is 0 Å². The lowest BCUT2D eigenvalue weighted by molar-refractivity contribution is 0.803.